The van der Waals surface area contributed by atoms with Gasteiger partial charge in [-0.2, -0.15) is 0 Å². The molecule has 0 unspecified atom stereocenters. The summed E-state index contributed by atoms with van der Waals surface area (Å²) < 4.78 is 32.1. The van der Waals surface area contributed by atoms with E-state index in [9.17, 15) is 13.2 Å². The van der Waals surface area contributed by atoms with Gasteiger partial charge in [-0.05, 0) is 31.0 Å². The smallest absolute Gasteiger partial charge is 0.262 e. The van der Waals surface area contributed by atoms with Crippen LogP contribution in [0.15, 0.2) is 23.1 Å². The van der Waals surface area contributed by atoms with Gasteiger partial charge in [-0.25, -0.2) is 13.1 Å². The Morgan fingerprint density at radius 3 is 2.86 bits per heavy atom. The van der Waals surface area contributed by atoms with Gasteiger partial charge in [0.25, 0.3) is 5.91 Å². The summed E-state index contributed by atoms with van der Waals surface area (Å²) in [5.41, 5.74) is 0.380. The SMILES string of the molecule is O=C1COc2ccc(S(=O)(=O)NCCNC3CC3)cc2N1. The maximum absolute atomic E-state index is 12.2. The summed E-state index contributed by atoms with van der Waals surface area (Å²) in [7, 11) is -3.59. The van der Waals surface area contributed by atoms with Gasteiger partial charge in [-0.1, -0.05) is 0 Å². The average Bonchev–Trinajstić information content (AvgIpc) is 3.27. The number of carbonyl (C=O) groups is 1. The summed E-state index contributed by atoms with van der Waals surface area (Å²) in [5.74, 6) is 0.183. The van der Waals surface area contributed by atoms with Crippen LogP contribution in [-0.4, -0.2) is 40.1 Å². The molecule has 0 saturated heterocycles. The zero-order valence-electron chi connectivity index (χ0n) is 11.4. The molecule has 1 heterocycles. The highest BCUT2D eigenvalue weighted by Crippen LogP contribution is 2.29. The van der Waals surface area contributed by atoms with E-state index in [1.54, 1.807) is 6.07 Å². The molecule has 21 heavy (non-hydrogen) atoms. The van der Waals surface area contributed by atoms with Gasteiger partial charge in [0.2, 0.25) is 10.0 Å². The lowest BCUT2D eigenvalue weighted by Crippen LogP contribution is -2.33. The van der Waals surface area contributed by atoms with Crippen molar-refractivity contribution in [1.82, 2.24) is 10.0 Å². The number of hydrogen-bond donors (Lipinski definition) is 3. The van der Waals surface area contributed by atoms with E-state index < -0.39 is 10.0 Å². The number of carbonyl (C=O) groups excluding carboxylic acids is 1. The first-order valence-electron chi connectivity index (χ1n) is 6.84. The van der Waals surface area contributed by atoms with Crippen LogP contribution in [-0.2, 0) is 14.8 Å². The predicted octanol–water partition coefficient (Wildman–Crippen LogP) is 0.0478. The molecule has 0 radical (unpaired) electrons. The van der Waals surface area contributed by atoms with Crippen LogP contribution in [0.4, 0.5) is 5.69 Å². The molecule has 1 aliphatic carbocycles. The predicted molar refractivity (Wildman–Crippen MR) is 76.8 cm³/mol. The molecular weight excluding hydrogens is 294 g/mol. The third-order valence-corrected chi connectivity index (χ3v) is 4.78. The fourth-order valence-electron chi connectivity index (χ4n) is 2.06. The molecule has 0 aromatic heterocycles. The molecule has 1 aromatic carbocycles. The number of benzene rings is 1. The third-order valence-electron chi connectivity index (χ3n) is 3.32. The molecule has 114 valence electrons. The second-order valence-corrected chi connectivity index (χ2v) is 6.89. The minimum absolute atomic E-state index is 0.0514. The topological polar surface area (TPSA) is 96.5 Å². The Morgan fingerprint density at radius 1 is 1.29 bits per heavy atom. The highest BCUT2D eigenvalue weighted by molar-refractivity contribution is 7.89. The van der Waals surface area contributed by atoms with Gasteiger partial charge in [0.1, 0.15) is 5.75 Å². The van der Waals surface area contributed by atoms with E-state index >= 15 is 0 Å². The number of amides is 1. The maximum atomic E-state index is 12.2. The molecule has 0 atom stereocenters. The standard InChI is InChI=1S/C13H17N3O4S/c17-13-8-20-12-4-3-10(7-11(12)16-13)21(18,19)15-6-5-14-9-1-2-9/h3-4,7,9,14-15H,1-2,5-6,8H2,(H,16,17). The number of nitrogens with one attached hydrogen (secondary N) is 3. The Bertz CT molecular complexity index is 655. The molecule has 2 aliphatic rings. The van der Waals surface area contributed by atoms with Crippen LogP contribution in [0.1, 0.15) is 12.8 Å². The second-order valence-electron chi connectivity index (χ2n) is 5.12. The number of hydrogen-bond acceptors (Lipinski definition) is 5. The molecule has 3 N–H and O–H groups in total. The molecule has 1 saturated carbocycles. The van der Waals surface area contributed by atoms with Crippen LogP contribution in [0.3, 0.4) is 0 Å². The van der Waals surface area contributed by atoms with E-state index in [1.165, 1.54) is 12.1 Å². The Labute approximate surface area is 123 Å². The Balaban J connectivity index is 1.66. The van der Waals surface area contributed by atoms with Crippen molar-refractivity contribution in [3.63, 3.8) is 0 Å². The summed E-state index contributed by atoms with van der Waals surface area (Å²) >= 11 is 0. The second kappa shape index (κ2) is 5.63. The number of fused-ring (bicyclic) bond motifs is 1. The van der Waals surface area contributed by atoms with E-state index in [-0.39, 0.29) is 17.4 Å². The quantitative estimate of drug-likeness (QED) is 0.645. The highest BCUT2D eigenvalue weighted by Gasteiger charge is 2.22. The van der Waals surface area contributed by atoms with Crippen LogP contribution < -0.4 is 20.1 Å². The summed E-state index contributed by atoms with van der Waals surface area (Å²) in [6.07, 6.45) is 2.33. The van der Waals surface area contributed by atoms with E-state index in [2.05, 4.69) is 15.4 Å². The van der Waals surface area contributed by atoms with Crippen LogP contribution in [0.2, 0.25) is 0 Å². The monoisotopic (exact) mass is 311 g/mol. The minimum Gasteiger partial charge on any atom is -0.482 e. The zero-order chi connectivity index (χ0) is 14.9. The first-order chi connectivity index (χ1) is 10.0. The van der Waals surface area contributed by atoms with Crippen LogP contribution in [0.25, 0.3) is 0 Å². The number of anilines is 1. The average molecular weight is 311 g/mol. The third kappa shape index (κ3) is 3.52. The zero-order valence-corrected chi connectivity index (χ0v) is 12.2. The normalized spacial score (nSPS) is 17.8. The Morgan fingerprint density at radius 2 is 2.10 bits per heavy atom. The van der Waals surface area contributed by atoms with E-state index in [1.807, 2.05) is 0 Å². The molecular formula is C13H17N3O4S. The van der Waals surface area contributed by atoms with Crippen molar-refractivity contribution in [2.75, 3.05) is 25.0 Å². The van der Waals surface area contributed by atoms with Gasteiger partial charge in [-0.15, -0.1) is 0 Å². The first-order valence-corrected chi connectivity index (χ1v) is 8.33. The van der Waals surface area contributed by atoms with Crippen molar-refractivity contribution in [2.45, 2.75) is 23.8 Å². The van der Waals surface area contributed by atoms with Crippen molar-refractivity contribution in [1.29, 1.82) is 0 Å². The van der Waals surface area contributed by atoms with Gasteiger partial charge in [0.05, 0.1) is 10.6 Å². The lowest BCUT2D eigenvalue weighted by atomic mass is 10.2. The molecule has 1 amide bonds. The summed E-state index contributed by atoms with van der Waals surface area (Å²) in [6.45, 7) is 0.887. The number of sulfonamides is 1. The number of rotatable bonds is 6. The summed E-state index contributed by atoms with van der Waals surface area (Å²) in [4.78, 5) is 11.4. The fraction of sp³-hybridized carbons (Fsp3) is 0.462. The van der Waals surface area contributed by atoms with E-state index in [4.69, 9.17) is 4.74 Å². The van der Waals surface area contributed by atoms with Gasteiger partial charge >= 0.3 is 0 Å². The molecule has 0 spiro atoms. The lowest BCUT2D eigenvalue weighted by Gasteiger charge is -2.18. The van der Waals surface area contributed by atoms with Crippen LogP contribution in [0, 0.1) is 0 Å². The molecule has 7 nitrogen and oxygen atoms in total. The Hall–Kier alpha value is -1.64. The van der Waals surface area contributed by atoms with Crippen LogP contribution in [0.5, 0.6) is 5.75 Å². The molecule has 1 fully saturated rings. The van der Waals surface area contributed by atoms with Gasteiger partial charge in [0, 0.05) is 19.1 Å². The van der Waals surface area contributed by atoms with Crippen molar-refractivity contribution in [3.05, 3.63) is 18.2 Å². The molecule has 1 aliphatic heterocycles. The Kier molecular flexibility index (Phi) is 3.83. The van der Waals surface area contributed by atoms with E-state index in [0.717, 1.165) is 12.8 Å². The fourth-order valence-corrected chi connectivity index (χ4v) is 3.12. The van der Waals surface area contributed by atoms with E-state index in [0.29, 0.717) is 30.6 Å². The largest absolute Gasteiger partial charge is 0.482 e. The van der Waals surface area contributed by atoms with Gasteiger partial charge < -0.3 is 15.4 Å². The molecule has 1 aromatic rings. The van der Waals surface area contributed by atoms with Crippen molar-refractivity contribution in [2.24, 2.45) is 0 Å². The first kappa shape index (κ1) is 14.3. The van der Waals surface area contributed by atoms with Gasteiger partial charge in [-0.3, -0.25) is 4.79 Å². The molecule has 8 heteroatoms. The highest BCUT2D eigenvalue weighted by atomic mass is 32.2. The van der Waals surface area contributed by atoms with Crippen molar-refractivity contribution >= 4 is 21.6 Å². The summed E-state index contributed by atoms with van der Waals surface area (Å²) in [6, 6.07) is 4.97. The van der Waals surface area contributed by atoms with Crippen molar-refractivity contribution in [3.8, 4) is 5.75 Å². The molecule has 3 rings (SSSR count). The summed E-state index contributed by atoms with van der Waals surface area (Å²) in [5, 5.41) is 5.83. The lowest BCUT2D eigenvalue weighted by molar-refractivity contribution is -0.118. The van der Waals surface area contributed by atoms with Crippen molar-refractivity contribution < 1.29 is 17.9 Å². The van der Waals surface area contributed by atoms with Crippen LogP contribution >= 0.6 is 0 Å². The van der Waals surface area contributed by atoms with Gasteiger partial charge in [0.15, 0.2) is 6.61 Å². The molecule has 0 bridgehead atoms. The number of ether oxygens (including phenoxy) is 1. The minimum atomic E-state index is -3.59. The maximum Gasteiger partial charge on any atom is 0.262 e.